The summed E-state index contributed by atoms with van der Waals surface area (Å²) in [7, 11) is 0. The molecule has 0 radical (unpaired) electrons. The molecule has 0 saturated heterocycles. The Balaban J connectivity index is 2.39. The molecule has 8 nitrogen and oxygen atoms in total. The van der Waals surface area contributed by atoms with E-state index in [1.54, 1.807) is 0 Å². The quantitative estimate of drug-likeness (QED) is 0.314. The van der Waals surface area contributed by atoms with Gasteiger partial charge in [0.05, 0.1) is 16.6 Å². The van der Waals surface area contributed by atoms with Crippen molar-refractivity contribution in [2.24, 2.45) is 0 Å². The number of carbonyl (C=O) groups is 2. The smallest absolute Gasteiger partial charge is 0.338 e. The Labute approximate surface area is 144 Å². The molecular weight excluding hydrogens is 340 g/mol. The SMILES string of the molecule is CC(C)OCCCNC(=O)COC(=O)c1ccc(Cl)c([N+](=O)[O-])c1. The topological polar surface area (TPSA) is 108 Å². The third-order valence-corrected chi connectivity index (χ3v) is 3.13. The first-order chi connectivity index (χ1) is 11.3. The summed E-state index contributed by atoms with van der Waals surface area (Å²) in [5.41, 5.74) is -0.454. The molecule has 1 N–H and O–H groups in total. The molecular formula is C15H19ClN2O6. The van der Waals surface area contributed by atoms with Gasteiger partial charge in [0.1, 0.15) is 5.02 Å². The largest absolute Gasteiger partial charge is 0.452 e. The van der Waals surface area contributed by atoms with Gasteiger partial charge < -0.3 is 14.8 Å². The molecule has 9 heteroatoms. The molecule has 0 atom stereocenters. The van der Waals surface area contributed by atoms with E-state index in [9.17, 15) is 19.7 Å². The van der Waals surface area contributed by atoms with E-state index < -0.39 is 29.1 Å². The Morgan fingerprint density at radius 1 is 1.38 bits per heavy atom. The van der Waals surface area contributed by atoms with E-state index in [-0.39, 0.29) is 16.7 Å². The second-order valence-corrected chi connectivity index (χ2v) is 5.53. The molecule has 0 bridgehead atoms. The number of hydrogen-bond acceptors (Lipinski definition) is 6. The molecule has 1 aromatic carbocycles. The molecule has 0 spiro atoms. The molecule has 1 amide bonds. The van der Waals surface area contributed by atoms with Crippen LogP contribution in [0.5, 0.6) is 0 Å². The number of nitrogens with one attached hydrogen (secondary N) is 1. The number of benzene rings is 1. The molecule has 0 saturated carbocycles. The van der Waals surface area contributed by atoms with Crippen molar-refractivity contribution >= 4 is 29.2 Å². The zero-order valence-electron chi connectivity index (χ0n) is 13.4. The van der Waals surface area contributed by atoms with Gasteiger partial charge in [-0.15, -0.1) is 0 Å². The van der Waals surface area contributed by atoms with Crippen molar-refractivity contribution in [3.8, 4) is 0 Å². The van der Waals surface area contributed by atoms with Gasteiger partial charge in [-0.3, -0.25) is 14.9 Å². The van der Waals surface area contributed by atoms with Crippen molar-refractivity contribution in [2.45, 2.75) is 26.4 Å². The third-order valence-electron chi connectivity index (χ3n) is 2.81. The number of ether oxygens (including phenoxy) is 2. The van der Waals surface area contributed by atoms with E-state index >= 15 is 0 Å². The molecule has 0 unspecified atom stereocenters. The first kappa shape index (κ1) is 19.9. The second kappa shape index (κ2) is 9.84. The van der Waals surface area contributed by atoms with Crippen LogP contribution in [0.25, 0.3) is 0 Å². The number of esters is 1. The molecule has 0 aliphatic carbocycles. The highest BCUT2D eigenvalue weighted by atomic mass is 35.5. The maximum atomic E-state index is 11.8. The molecule has 24 heavy (non-hydrogen) atoms. The lowest BCUT2D eigenvalue weighted by Crippen LogP contribution is -2.30. The third kappa shape index (κ3) is 6.93. The number of nitro benzene ring substituents is 1. The molecule has 0 aliphatic rings. The van der Waals surface area contributed by atoms with E-state index in [4.69, 9.17) is 21.1 Å². The molecule has 1 rings (SSSR count). The summed E-state index contributed by atoms with van der Waals surface area (Å²) in [5.74, 6) is -1.30. The van der Waals surface area contributed by atoms with Gasteiger partial charge in [-0.05, 0) is 32.4 Å². The van der Waals surface area contributed by atoms with Crippen LogP contribution < -0.4 is 5.32 Å². The summed E-state index contributed by atoms with van der Waals surface area (Å²) in [5, 5.41) is 13.3. The summed E-state index contributed by atoms with van der Waals surface area (Å²) in [6, 6.07) is 3.52. The van der Waals surface area contributed by atoms with Crippen LogP contribution in [0.15, 0.2) is 18.2 Å². The molecule has 0 heterocycles. The standard InChI is InChI=1S/C15H19ClN2O6/c1-10(2)23-7-3-6-17-14(19)9-24-15(20)11-4-5-12(16)13(8-11)18(21)22/h4-5,8,10H,3,6-7,9H2,1-2H3,(H,17,19). The van der Waals surface area contributed by atoms with Crippen LogP contribution in [0.2, 0.25) is 5.02 Å². The zero-order valence-corrected chi connectivity index (χ0v) is 14.2. The van der Waals surface area contributed by atoms with E-state index in [2.05, 4.69) is 5.32 Å². The van der Waals surface area contributed by atoms with E-state index in [1.807, 2.05) is 13.8 Å². The minimum Gasteiger partial charge on any atom is -0.452 e. The summed E-state index contributed by atoms with van der Waals surface area (Å²) >= 11 is 5.66. The number of halogens is 1. The van der Waals surface area contributed by atoms with E-state index in [0.717, 1.165) is 6.07 Å². The Morgan fingerprint density at radius 3 is 2.71 bits per heavy atom. The fraction of sp³-hybridized carbons (Fsp3) is 0.467. The number of amides is 1. The summed E-state index contributed by atoms with van der Waals surface area (Å²) < 4.78 is 10.1. The molecule has 0 aliphatic heterocycles. The Morgan fingerprint density at radius 2 is 2.08 bits per heavy atom. The maximum absolute atomic E-state index is 11.8. The van der Waals surface area contributed by atoms with Gasteiger partial charge in [0.2, 0.25) is 0 Å². The maximum Gasteiger partial charge on any atom is 0.338 e. The second-order valence-electron chi connectivity index (χ2n) is 5.12. The van der Waals surface area contributed by atoms with Crippen molar-refractivity contribution in [1.82, 2.24) is 5.32 Å². The van der Waals surface area contributed by atoms with E-state index in [0.29, 0.717) is 19.6 Å². The highest BCUT2D eigenvalue weighted by molar-refractivity contribution is 6.32. The van der Waals surface area contributed by atoms with Crippen molar-refractivity contribution in [3.05, 3.63) is 38.9 Å². The van der Waals surface area contributed by atoms with Gasteiger partial charge in [-0.1, -0.05) is 11.6 Å². The van der Waals surface area contributed by atoms with Crippen molar-refractivity contribution < 1.29 is 24.0 Å². The fourth-order valence-electron chi connectivity index (χ4n) is 1.66. The van der Waals surface area contributed by atoms with Gasteiger partial charge in [-0.2, -0.15) is 0 Å². The summed E-state index contributed by atoms with van der Waals surface area (Å²) in [4.78, 5) is 33.4. The average molecular weight is 359 g/mol. The lowest BCUT2D eigenvalue weighted by atomic mass is 10.2. The number of carbonyl (C=O) groups excluding carboxylic acids is 2. The summed E-state index contributed by atoms with van der Waals surface area (Å²) in [6.45, 7) is 4.28. The lowest BCUT2D eigenvalue weighted by Gasteiger charge is -2.08. The van der Waals surface area contributed by atoms with Gasteiger partial charge in [0.15, 0.2) is 6.61 Å². The first-order valence-corrected chi connectivity index (χ1v) is 7.68. The van der Waals surface area contributed by atoms with Crippen LogP contribution in [-0.2, 0) is 14.3 Å². The van der Waals surface area contributed by atoms with Gasteiger partial charge in [0, 0.05) is 19.2 Å². The monoisotopic (exact) mass is 358 g/mol. The lowest BCUT2D eigenvalue weighted by molar-refractivity contribution is -0.384. The van der Waals surface area contributed by atoms with Crippen LogP contribution in [0.1, 0.15) is 30.6 Å². The normalized spacial score (nSPS) is 10.5. The molecule has 0 fully saturated rings. The van der Waals surface area contributed by atoms with Gasteiger partial charge in [0.25, 0.3) is 11.6 Å². The van der Waals surface area contributed by atoms with Crippen LogP contribution >= 0.6 is 11.6 Å². The molecule has 132 valence electrons. The predicted octanol–water partition coefficient (Wildman–Crippen LogP) is 2.34. The number of hydrogen-bond donors (Lipinski definition) is 1. The van der Waals surface area contributed by atoms with Crippen LogP contribution in [-0.4, -0.2) is 42.7 Å². The predicted molar refractivity (Wildman–Crippen MR) is 87.1 cm³/mol. The van der Waals surface area contributed by atoms with E-state index in [1.165, 1.54) is 12.1 Å². The first-order valence-electron chi connectivity index (χ1n) is 7.30. The van der Waals surface area contributed by atoms with Crippen molar-refractivity contribution in [1.29, 1.82) is 0 Å². The van der Waals surface area contributed by atoms with Crippen LogP contribution in [0.3, 0.4) is 0 Å². The highest BCUT2D eigenvalue weighted by Crippen LogP contribution is 2.25. The van der Waals surface area contributed by atoms with Gasteiger partial charge in [-0.25, -0.2) is 4.79 Å². The number of nitrogens with zero attached hydrogens (tertiary/aromatic N) is 1. The van der Waals surface area contributed by atoms with Crippen LogP contribution in [0, 0.1) is 10.1 Å². The van der Waals surface area contributed by atoms with Crippen LogP contribution in [0.4, 0.5) is 5.69 Å². The Kier molecular flexibility index (Phi) is 8.14. The van der Waals surface area contributed by atoms with Gasteiger partial charge >= 0.3 is 5.97 Å². The molecule has 0 aromatic heterocycles. The fourth-order valence-corrected chi connectivity index (χ4v) is 1.85. The Hall–Kier alpha value is -2.19. The van der Waals surface area contributed by atoms with Crippen molar-refractivity contribution in [2.75, 3.05) is 19.8 Å². The van der Waals surface area contributed by atoms with Crippen molar-refractivity contribution in [3.63, 3.8) is 0 Å². The highest BCUT2D eigenvalue weighted by Gasteiger charge is 2.17. The summed E-state index contributed by atoms with van der Waals surface area (Å²) in [6.07, 6.45) is 0.770. The minimum atomic E-state index is -0.840. The molecule has 1 aromatic rings. The average Bonchev–Trinajstić information content (AvgIpc) is 2.52. The Bertz CT molecular complexity index is 606. The number of rotatable bonds is 9. The zero-order chi connectivity index (χ0) is 18.1. The minimum absolute atomic E-state index is 0.0516. The number of nitro groups is 1.